The molecule has 1 atom stereocenters. The van der Waals surface area contributed by atoms with Crippen molar-refractivity contribution in [3.8, 4) is 0 Å². The van der Waals surface area contributed by atoms with Crippen LogP contribution in [0.25, 0.3) is 0 Å². The first kappa shape index (κ1) is 15.4. The lowest BCUT2D eigenvalue weighted by Crippen LogP contribution is -2.54. The van der Waals surface area contributed by atoms with Gasteiger partial charge in [0.15, 0.2) is 0 Å². The molecular formula is C19H28ClN. The molecule has 2 saturated carbocycles. The number of halogens is 1. The van der Waals surface area contributed by atoms with Crippen molar-refractivity contribution < 1.29 is 0 Å². The summed E-state index contributed by atoms with van der Waals surface area (Å²) >= 11 is 6.10. The molecule has 2 aliphatic rings. The van der Waals surface area contributed by atoms with Gasteiger partial charge in [-0.25, -0.2) is 0 Å². The van der Waals surface area contributed by atoms with Crippen LogP contribution in [0.15, 0.2) is 24.3 Å². The third-order valence-corrected chi connectivity index (χ3v) is 5.86. The molecule has 0 amide bonds. The summed E-state index contributed by atoms with van der Waals surface area (Å²) in [5.41, 5.74) is 1.88. The van der Waals surface area contributed by atoms with Gasteiger partial charge < -0.3 is 0 Å². The maximum Gasteiger partial charge on any atom is 0.0406 e. The third-order valence-electron chi connectivity index (χ3n) is 5.61. The first-order valence-corrected chi connectivity index (χ1v) is 8.89. The van der Waals surface area contributed by atoms with Gasteiger partial charge in [-0.15, -0.1) is 0 Å². The smallest absolute Gasteiger partial charge is 0.0406 e. The SMILES string of the molecule is CC(C)CC(N(C)C1CC1)C1(c2ccc(Cl)cc2)CCC1. The van der Waals surface area contributed by atoms with Gasteiger partial charge in [-0.2, -0.15) is 0 Å². The van der Waals surface area contributed by atoms with Crippen LogP contribution in [0.1, 0.15) is 57.9 Å². The molecular weight excluding hydrogens is 278 g/mol. The van der Waals surface area contributed by atoms with Gasteiger partial charge in [0, 0.05) is 22.5 Å². The molecule has 0 bridgehead atoms. The van der Waals surface area contributed by atoms with Gasteiger partial charge in [-0.3, -0.25) is 4.90 Å². The van der Waals surface area contributed by atoms with E-state index in [4.69, 9.17) is 11.6 Å². The highest BCUT2D eigenvalue weighted by Gasteiger charge is 2.49. The van der Waals surface area contributed by atoms with Crippen molar-refractivity contribution in [3.05, 3.63) is 34.9 Å². The van der Waals surface area contributed by atoms with Crippen molar-refractivity contribution in [2.75, 3.05) is 7.05 Å². The second kappa shape index (κ2) is 5.93. The summed E-state index contributed by atoms with van der Waals surface area (Å²) in [6.45, 7) is 4.73. The van der Waals surface area contributed by atoms with E-state index in [1.165, 1.54) is 44.1 Å². The van der Waals surface area contributed by atoms with E-state index in [1.807, 2.05) is 0 Å². The highest BCUT2D eigenvalue weighted by atomic mass is 35.5. The van der Waals surface area contributed by atoms with Crippen LogP contribution >= 0.6 is 11.6 Å². The zero-order valence-electron chi connectivity index (χ0n) is 13.6. The lowest BCUT2D eigenvalue weighted by Gasteiger charge is -2.52. The number of nitrogens with zero attached hydrogens (tertiary/aromatic N) is 1. The molecule has 1 aromatic rings. The Balaban J connectivity index is 1.91. The largest absolute Gasteiger partial charge is 0.300 e. The molecule has 21 heavy (non-hydrogen) atoms. The monoisotopic (exact) mass is 305 g/mol. The Morgan fingerprint density at radius 1 is 1.19 bits per heavy atom. The van der Waals surface area contributed by atoms with E-state index in [0.29, 0.717) is 11.5 Å². The Morgan fingerprint density at radius 2 is 1.81 bits per heavy atom. The molecule has 116 valence electrons. The molecule has 1 unspecified atom stereocenters. The Hall–Kier alpha value is -0.530. The van der Waals surface area contributed by atoms with E-state index in [2.05, 4.69) is 50.1 Å². The molecule has 1 aromatic carbocycles. The van der Waals surface area contributed by atoms with E-state index in [1.54, 1.807) is 0 Å². The Kier molecular flexibility index (Phi) is 4.34. The van der Waals surface area contributed by atoms with Crippen molar-refractivity contribution in [2.24, 2.45) is 5.92 Å². The molecule has 0 aliphatic heterocycles. The van der Waals surface area contributed by atoms with E-state index in [-0.39, 0.29) is 0 Å². The van der Waals surface area contributed by atoms with Crippen LogP contribution in [0, 0.1) is 5.92 Å². The molecule has 0 aromatic heterocycles. The highest BCUT2D eigenvalue weighted by Crippen LogP contribution is 2.51. The normalized spacial score (nSPS) is 22.4. The van der Waals surface area contributed by atoms with Gasteiger partial charge in [0.25, 0.3) is 0 Å². The van der Waals surface area contributed by atoms with Crippen LogP contribution in [0.4, 0.5) is 0 Å². The maximum atomic E-state index is 6.10. The van der Waals surface area contributed by atoms with Gasteiger partial charge in [-0.05, 0) is 62.8 Å². The van der Waals surface area contributed by atoms with Gasteiger partial charge in [-0.1, -0.05) is 44.0 Å². The number of hydrogen-bond donors (Lipinski definition) is 0. The predicted octanol–water partition coefficient (Wildman–Crippen LogP) is 5.27. The zero-order chi connectivity index (χ0) is 15.0. The molecule has 0 radical (unpaired) electrons. The summed E-state index contributed by atoms with van der Waals surface area (Å²) < 4.78 is 0. The third kappa shape index (κ3) is 3.00. The van der Waals surface area contributed by atoms with Crippen molar-refractivity contribution in [1.29, 1.82) is 0 Å². The van der Waals surface area contributed by atoms with Crippen LogP contribution in [-0.4, -0.2) is 24.0 Å². The van der Waals surface area contributed by atoms with Crippen molar-refractivity contribution in [1.82, 2.24) is 4.90 Å². The fraction of sp³-hybridized carbons (Fsp3) is 0.684. The maximum absolute atomic E-state index is 6.10. The van der Waals surface area contributed by atoms with Crippen LogP contribution in [0.2, 0.25) is 5.02 Å². The van der Waals surface area contributed by atoms with Crippen LogP contribution in [-0.2, 0) is 5.41 Å². The number of rotatable bonds is 6. The van der Waals surface area contributed by atoms with Crippen molar-refractivity contribution in [3.63, 3.8) is 0 Å². The lowest BCUT2D eigenvalue weighted by molar-refractivity contribution is 0.0595. The molecule has 0 spiro atoms. The summed E-state index contributed by atoms with van der Waals surface area (Å²) in [5, 5.41) is 0.851. The molecule has 0 N–H and O–H groups in total. The average Bonchev–Trinajstić information content (AvgIpc) is 3.21. The minimum atomic E-state index is 0.367. The van der Waals surface area contributed by atoms with Gasteiger partial charge >= 0.3 is 0 Å². The highest BCUT2D eigenvalue weighted by molar-refractivity contribution is 6.30. The minimum absolute atomic E-state index is 0.367. The molecule has 0 heterocycles. The molecule has 3 rings (SSSR count). The van der Waals surface area contributed by atoms with E-state index in [0.717, 1.165) is 17.0 Å². The fourth-order valence-corrected chi connectivity index (χ4v) is 4.24. The summed E-state index contributed by atoms with van der Waals surface area (Å²) in [7, 11) is 2.36. The Morgan fingerprint density at radius 3 is 2.24 bits per heavy atom. The average molecular weight is 306 g/mol. The second-order valence-electron chi connectivity index (χ2n) is 7.56. The van der Waals surface area contributed by atoms with Crippen molar-refractivity contribution >= 4 is 11.6 Å². The van der Waals surface area contributed by atoms with Crippen LogP contribution < -0.4 is 0 Å². The molecule has 1 nitrogen and oxygen atoms in total. The standard InChI is InChI=1S/C19H28ClN/c1-14(2)13-18(21(3)17-9-10-17)19(11-4-12-19)15-5-7-16(20)8-6-15/h5-8,14,17-18H,4,9-13H2,1-3H3. The van der Waals surface area contributed by atoms with Gasteiger partial charge in [0.05, 0.1) is 0 Å². The summed E-state index contributed by atoms with van der Waals surface area (Å²) in [5.74, 6) is 0.751. The Bertz CT molecular complexity index is 471. The number of benzene rings is 1. The first-order chi connectivity index (χ1) is 10.0. The first-order valence-electron chi connectivity index (χ1n) is 8.51. The van der Waals surface area contributed by atoms with Crippen molar-refractivity contribution in [2.45, 2.75) is 69.9 Å². The van der Waals surface area contributed by atoms with Gasteiger partial charge in [0.1, 0.15) is 0 Å². The van der Waals surface area contributed by atoms with E-state index < -0.39 is 0 Å². The quantitative estimate of drug-likeness (QED) is 0.692. The summed E-state index contributed by atoms with van der Waals surface area (Å²) in [6.07, 6.45) is 8.13. The summed E-state index contributed by atoms with van der Waals surface area (Å²) in [4.78, 5) is 2.70. The Labute approximate surface area is 134 Å². The molecule has 2 aliphatic carbocycles. The second-order valence-corrected chi connectivity index (χ2v) is 8.00. The molecule has 0 saturated heterocycles. The lowest BCUT2D eigenvalue weighted by atomic mass is 9.58. The number of likely N-dealkylation sites (N-methyl/N-ethyl adjacent to an activating group) is 1. The molecule has 2 fully saturated rings. The topological polar surface area (TPSA) is 3.24 Å². The fourth-order valence-electron chi connectivity index (χ4n) is 4.12. The zero-order valence-corrected chi connectivity index (χ0v) is 14.4. The summed E-state index contributed by atoms with van der Waals surface area (Å²) in [6, 6.07) is 10.2. The number of hydrogen-bond acceptors (Lipinski definition) is 1. The predicted molar refractivity (Wildman–Crippen MR) is 91.0 cm³/mol. The van der Waals surface area contributed by atoms with E-state index >= 15 is 0 Å². The molecule has 2 heteroatoms. The van der Waals surface area contributed by atoms with Crippen LogP contribution in [0.3, 0.4) is 0 Å². The van der Waals surface area contributed by atoms with E-state index in [9.17, 15) is 0 Å². The van der Waals surface area contributed by atoms with Gasteiger partial charge in [0.2, 0.25) is 0 Å². The minimum Gasteiger partial charge on any atom is -0.300 e. The van der Waals surface area contributed by atoms with Crippen LogP contribution in [0.5, 0.6) is 0 Å².